The summed E-state index contributed by atoms with van der Waals surface area (Å²) in [7, 11) is 0. The molecular weight excluding hydrogens is 186 g/mol. The van der Waals surface area contributed by atoms with E-state index in [0.717, 1.165) is 5.56 Å². The zero-order valence-electron chi connectivity index (χ0n) is 7.46. The molecule has 0 aliphatic heterocycles. The van der Waals surface area contributed by atoms with Crippen LogP contribution in [0.15, 0.2) is 30.3 Å². The minimum absolute atomic E-state index is 0.0111. The first-order chi connectivity index (χ1) is 6.24. The Kier molecular flexibility index (Phi) is 3.77. The van der Waals surface area contributed by atoms with Gasteiger partial charge in [0, 0.05) is 0 Å². The van der Waals surface area contributed by atoms with Crippen LogP contribution < -0.4 is 5.32 Å². The minimum Gasteiger partial charge on any atom is -0.349 e. The number of nitrogens with one attached hydrogen (secondary N) is 1. The molecule has 1 aromatic carbocycles. The maximum absolute atomic E-state index is 11.0. The summed E-state index contributed by atoms with van der Waals surface area (Å²) in [5.74, 6) is -0.130. The lowest BCUT2D eigenvalue weighted by molar-refractivity contribution is -0.119. The van der Waals surface area contributed by atoms with Crippen LogP contribution in [0.4, 0.5) is 0 Å². The fraction of sp³-hybridized carbons (Fsp3) is 0.300. The highest BCUT2D eigenvalue weighted by Crippen LogP contribution is 2.10. The first kappa shape index (κ1) is 10.1. The van der Waals surface area contributed by atoms with Gasteiger partial charge in [-0.25, -0.2) is 0 Å². The number of amides is 1. The molecule has 1 aromatic rings. The van der Waals surface area contributed by atoms with E-state index in [2.05, 4.69) is 5.32 Å². The summed E-state index contributed by atoms with van der Waals surface area (Å²) in [6.45, 7) is 1.93. The Hall–Kier alpha value is -1.02. The number of benzene rings is 1. The molecule has 1 atom stereocenters. The van der Waals surface area contributed by atoms with Gasteiger partial charge in [0.05, 0.1) is 6.04 Å². The van der Waals surface area contributed by atoms with E-state index in [4.69, 9.17) is 11.6 Å². The fourth-order valence-electron chi connectivity index (χ4n) is 1.11. The van der Waals surface area contributed by atoms with E-state index in [9.17, 15) is 4.79 Å². The molecule has 0 bridgehead atoms. The summed E-state index contributed by atoms with van der Waals surface area (Å²) in [5, 5.41) is 2.77. The number of carbonyl (C=O) groups is 1. The van der Waals surface area contributed by atoms with E-state index in [1.165, 1.54) is 0 Å². The second kappa shape index (κ2) is 4.87. The van der Waals surface area contributed by atoms with Crippen LogP contribution in [0.5, 0.6) is 0 Å². The van der Waals surface area contributed by atoms with Gasteiger partial charge in [0.15, 0.2) is 0 Å². The zero-order valence-corrected chi connectivity index (χ0v) is 8.21. The van der Waals surface area contributed by atoms with Crippen LogP contribution in [-0.2, 0) is 4.79 Å². The number of hydrogen-bond acceptors (Lipinski definition) is 1. The molecular formula is C10H12ClNO. The molecule has 70 valence electrons. The molecule has 0 saturated heterocycles. The fourth-order valence-corrected chi connectivity index (χ4v) is 1.18. The van der Waals surface area contributed by atoms with Crippen LogP contribution in [0, 0.1) is 0 Å². The molecule has 2 nitrogen and oxygen atoms in total. The quantitative estimate of drug-likeness (QED) is 0.739. The molecule has 1 N–H and O–H groups in total. The van der Waals surface area contributed by atoms with Gasteiger partial charge in [0.2, 0.25) is 5.91 Å². The molecule has 0 radical (unpaired) electrons. The summed E-state index contributed by atoms with van der Waals surface area (Å²) in [6, 6.07) is 9.79. The first-order valence-corrected chi connectivity index (χ1v) is 4.67. The van der Waals surface area contributed by atoms with Crippen molar-refractivity contribution in [1.82, 2.24) is 5.32 Å². The van der Waals surface area contributed by atoms with E-state index < -0.39 is 0 Å². The summed E-state index contributed by atoms with van der Waals surface area (Å²) in [6.07, 6.45) is 0. The predicted octanol–water partition coefficient (Wildman–Crippen LogP) is 2.10. The third-order valence-electron chi connectivity index (χ3n) is 1.80. The number of alkyl halides is 1. The molecule has 3 heteroatoms. The van der Waals surface area contributed by atoms with Gasteiger partial charge in [-0.2, -0.15) is 0 Å². The van der Waals surface area contributed by atoms with Gasteiger partial charge in [-0.3, -0.25) is 4.79 Å². The van der Waals surface area contributed by atoms with Crippen LogP contribution in [-0.4, -0.2) is 11.8 Å². The van der Waals surface area contributed by atoms with E-state index >= 15 is 0 Å². The van der Waals surface area contributed by atoms with E-state index in [1.54, 1.807) is 0 Å². The van der Waals surface area contributed by atoms with Crippen molar-refractivity contribution in [1.29, 1.82) is 0 Å². The maximum Gasteiger partial charge on any atom is 0.235 e. The Labute approximate surface area is 82.9 Å². The van der Waals surface area contributed by atoms with Crippen molar-refractivity contribution < 1.29 is 4.79 Å². The van der Waals surface area contributed by atoms with E-state index in [0.29, 0.717) is 0 Å². The van der Waals surface area contributed by atoms with Crippen LogP contribution in [0.1, 0.15) is 18.5 Å². The van der Waals surface area contributed by atoms with E-state index in [-0.39, 0.29) is 17.8 Å². The molecule has 0 aliphatic carbocycles. The molecule has 0 fully saturated rings. The lowest BCUT2D eigenvalue weighted by atomic mass is 10.1. The third-order valence-corrected chi connectivity index (χ3v) is 2.04. The van der Waals surface area contributed by atoms with Crippen molar-refractivity contribution in [2.45, 2.75) is 13.0 Å². The molecule has 1 amide bonds. The average Bonchev–Trinajstić information content (AvgIpc) is 2.19. The van der Waals surface area contributed by atoms with Gasteiger partial charge in [-0.1, -0.05) is 30.3 Å². The topological polar surface area (TPSA) is 29.1 Å². The highest BCUT2D eigenvalue weighted by molar-refractivity contribution is 6.27. The van der Waals surface area contributed by atoms with Gasteiger partial charge < -0.3 is 5.32 Å². The van der Waals surface area contributed by atoms with Crippen molar-refractivity contribution in [2.75, 3.05) is 5.88 Å². The van der Waals surface area contributed by atoms with Crippen molar-refractivity contribution in [3.05, 3.63) is 35.9 Å². The Morgan fingerprint density at radius 2 is 2.08 bits per heavy atom. The highest BCUT2D eigenvalue weighted by Gasteiger charge is 2.06. The normalized spacial score (nSPS) is 12.2. The molecule has 1 unspecified atom stereocenters. The lowest BCUT2D eigenvalue weighted by Gasteiger charge is -2.12. The molecule has 0 aliphatic rings. The molecule has 1 rings (SSSR count). The monoisotopic (exact) mass is 197 g/mol. The van der Waals surface area contributed by atoms with Crippen LogP contribution in [0.3, 0.4) is 0 Å². The van der Waals surface area contributed by atoms with Crippen molar-refractivity contribution in [3.63, 3.8) is 0 Å². The summed E-state index contributed by atoms with van der Waals surface area (Å²) in [4.78, 5) is 11.0. The molecule has 0 heterocycles. The maximum atomic E-state index is 11.0. The number of halogens is 1. The largest absolute Gasteiger partial charge is 0.349 e. The van der Waals surface area contributed by atoms with Gasteiger partial charge in [-0.15, -0.1) is 11.6 Å². The number of hydrogen-bond donors (Lipinski definition) is 1. The van der Waals surface area contributed by atoms with Crippen LogP contribution in [0.25, 0.3) is 0 Å². The lowest BCUT2D eigenvalue weighted by Crippen LogP contribution is -2.27. The Morgan fingerprint density at radius 1 is 1.46 bits per heavy atom. The predicted molar refractivity (Wildman–Crippen MR) is 53.7 cm³/mol. The standard InChI is InChI=1S/C10H12ClNO/c1-8(12-10(13)7-11)9-5-3-2-4-6-9/h2-6,8H,7H2,1H3,(H,12,13). The molecule has 13 heavy (non-hydrogen) atoms. The Bertz CT molecular complexity index is 274. The third kappa shape index (κ3) is 3.07. The first-order valence-electron chi connectivity index (χ1n) is 4.14. The van der Waals surface area contributed by atoms with Gasteiger partial charge >= 0.3 is 0 Å². The number of rotatable bonds is 3. The molecule has 0 saturated carbocycles. The second-order valence-electron chi connectivity index (χ2n) is 2.83. The SMILES string of the molecule is CC(NC(=O)CCl)c1ccccc1. The Morgan fingerprint density at radius 3 is 2.62 bits per heavy atom. The Balaban J connectivity index is 2.59. The summed E-state index contributed by atoms with van der Waals surface area (Å²) < 4.78 is 0. The summed E-state index contributed by atoms with van der Waals surface area (Å²) in [5.41, 5.74) is 1.08. The van der Waals surface area contributed by atoms with Gasteiger partial charge in [-0.05, 0) is 12.5 Å². The van der Waals surface area contributed by atoms with Crippen molar-refractivity contribution in [3.8, 4) is 0 Å². The van der Waals surface area contributed by atoms with Crippen LogP contribution in [0.2, 0.25) is 0 Å². The number of carbonyl (C=O) groups excluding carboxylic acids is 1. The van der Waals surface area contributed by atoms with E-state index in [1.807, 2.05) is 37.3 Å². The smallest absolute Gasteiger partial charge is 0.235 e. The van der Waals surface area contributed by atoms with Crippen LogP contribution >= 0.6 is 11.6 Å². The van der Waals surface area contributed by atoms with Crippen molar-refractivity contribution in [2.24, 2.45) is 0 Å². The minimum atomic E-state index is -0.141. The van der Waals surface area contributed by atoms with Gasteiger partial charge in [0.25, 0.3) is 0 Å². The molecule has 0 aromatic heterocycles. The van der Waals surface area contributed by atoms with Crippen molar-refractivity contribution >= 4 is 17.5 Å². The van der Waals surface area contributed by atoms with Gasteiger partial charge in [0.1, 0.15) is 5.88 Å². The average molecular weight is 198 g/mol. The summed E-state index contributed by atoms with van der Waals surface area (Å²) >= 11 is 5.37. The highest BCUT2D eigenvalue weighted by atomic mass is 35.5. The zero-order chi connectivity index (χ0) is 9.68. The molecule has 0 spiro atoms. The second-order valence-corrected chi connectivity index (χ2v) is 3.10.